The van der Waals surface area contributed by atoms with Crippen LogP contribution >= 0.6 is 11.8 Å². The van der Waals surface area contributed by atoms with Gasteiger partial charge in [0.15, 0.2) is 0 Å². The molecule has 0 saturated heterocycles. The summed E-state index contributed by atoms with van der Waals surface area (Å²) in [6, 6.07) is 6.55. The maximum Gasteiger partial charge on any atom is 0.326 e. The van der Waals surface area contributed by atoms with Gasteiger partial charge in [0.1, 0.15) is 11.4 Å². The lowest BCUT2D eigenvalue weighted by Crippen LogP contribution is -2.52. The van der Waals surface area contributed by atoms with Gasteiger partial charge in [0.05, 0.1) is 6.61 Å². The van der Waals surface area contributed by atoms with Crippen molar-refractivity contribution in [1.29, 1.82) is 0 Å². The van der Waals surface area contributed by atoms with Crippen molar-refractivity contribution in [2.75, 3.05) is 18.9 Å². The Labute approximate surface area is 117 Å². The predicted octanol–water partition coefficient (Wildman–Crippen LogP) is 2.85. The molecule has 1 N–H and O–H groups in total. The molecule has 0 radical (unpaired) electrons. The number of hydrogen-bond acceptors (Lipinski definition) is 4. The van der Waals surface area contributed by atoms with E-state index in [1.54, 1.807) is 32.0 Å². The molecule has 1 aromatic carbocycles. The van der Waals surface area contributed by atoms with E-state index in [2.05, 4.69) is 5.32 Å². The Hall–Kier alpha value is -1.07. The van der Waals surface area contributed by atoms with Crippen LogP contribution in [0.4, 0.5) is 4.39 Å². The Morgan fingerprint density at radius 2 is 2.11 bits per heavy atom. The second kappa shape index (κ2) is 7.50. The molecule has 1 aromatic rings. The normalized spacial score (nSPS) is 13.9. The zero-order chi connectivity index (χ0) is 14.3. The van der Waals surface area contributed by atoms with Gasteiger partial charge in [0.2, 0.25) is 0 Å². The molecule has 19 heavy (non-hydrogen) atoms. The lowest BCUT2D eigenvalue weighted by molar-refractivity contribution is -0.149. The fourth-order valence-electron chi connectivity index (χ4n) is 1.65. The Balaban J connectivity index is 2.74. The lowest BCUT2D eigenvalue weighted by Gasteiger charge is -2.27. The number of ether oxygens (including phenoxy) is 1. The summed E-state index contributed by atoms with van der Waals surface area (Å²) in [7, 11) is 0. The highest BCUT2D eigenvalue weighted by atomic mass is 32.2. The van der Waals surface area contributed by atoms with Crippen LogP contribution in [0, 0.1) is 5.82 Å². The SMILES string of the molecule is CCNC(C)(CSc1ccccc1F)C(=O)OCC. The summed E-state index contributed by atoms with van der Waals surface area (Å²) < 4.78 is 18.6. The number of hydrogen-bond donors (Lipinski definition) is 1. The van der Waals surface area contributed by atoms with Crippen molar-refractivity contribution < 1.29 is 13.9 Å². The largest absolute Gasteiger partial charge is 0.465 e. The van der Waals surface area contributed by atoms with Gasteiger partial charge in [0, 0.05) is 10.6 Å². The average Bonchev–Trinajstić information content (AvgIpc) is 2.38. The van der Waals surface area contributed by atoms with Crippen LogP contribution in [0.3, 0.4) is 0 Å². The third kappa shape index (κ3) is 4.51. The van der Waals surface area contributed by atoms with Crippen molar-refractivity contribution in [2.24, 2.45) is 0 Å². The number of benzene rings is 1. The van der Waals surface area contributed by atoms with Gasteiger partial charge in [-0.25, -0.2) is 4.39 Å². The molecule has 3 nitrogen and oxygen atoms in total. The average molecular weight is 285 g/mol. The molecule has 5 heteroatoms. The van der Waals surface area contributed by atoms with E-state index in [0.29, 0.717) is 23.8 Å². The number of nitrogens with one attached hydrogen (secondary N) is 1. The highest BCUT2D eigenvalue weighted by Crippen LogP contribution is 2.25. The Morgan fingerprint density at radius 1 is 1.42 bits per heavy atom. The van der Waals surface area contributed by atoms with Crippen LogP contribution in [0.15, 0.2) is 29.2 Å². The van der Waals surface area contributed by atoms with Crippen molar-refractivity contribution in [3.05, 3.63) is 30.1 Å². The number of rotatable bonds is 7. The minimum absolute atomic E-state index is 0.268. The first-order valence-electron chi connectivity index (χ1n) is 6.33. The van der Waals surface area contributed by atoms with Gasteiger partial charge in [-0.15, -0.1) is 11.8 Å². The molecule has 0 heterocycles. The van der Waals surface area contributed by atoms with Crippen LogP contribution in [-0.2, 0) is 9.53 Å². The van der Waals surface area contributed by atoms with E-state index in [1.807, 2.05) is 6.92 Å². The van der Waals surface area contributed by atoms with Crippen molar-refractivity contribution in [3.8, 4) is 0 Å². The fraction of sp³-hybridized carbons (Fsp3) is 0.500. The molecule has 0 aromatic heterocycles. The molecule has 0 fully saturated rings. The number of carbonyl (C=O) groups is 1. The smallest absolute Gasteiger partial charge is 0.326 e. The fourth-order valence-corrected chi connectivity index (χ4v) is 2.69. The molecule has 0 amide bonds. The van der Waals surface area contributed by atoms with Gasteiger partial charge in [-0.2, -0.15) is 0 Å². The molecule has 106 valence electrons. The molecule has 0 spiro atoms. The minimum atomic E-state index is -0.808. The molecule has 0 aliphatic carbocycles. The van der Waals surface area contributed by atoms with Gasteiger partial charge in [-0.3, -0.25) is 4.79 Å². The number of carbonyl (C=O) groups excluding carboxylic acids is 1. The highest BCUT2D eigenvalue weighted by molar-refractivity contribution is 7.99. The minimum Gasteiger partial charge on any atom is -0.465 e. The van der Waals surface area contributed by atoms with E-state index in [9.17, 15) is 9.18 Å². The molecular formula is C14H20FNO2S. The first-order valence-corrected chi connectivity index (χ1v) is 7.31. The first kappa shape index (κ1) is 16.0. The van der Waals surface area contributed by atoms with Crippen LogP contribution in [0.2, 0.25) is 0 Å². The summed E-state index contributed by atoms with van der Waals surface area (Å²) in [5.74, 6) is -0.156. The van der Waals surface area contributed by atoms with E-state index in [-0.39, 0.29) is 11.8 Å². The summed E-state index contributed by atoms with van der Waals surface area (Å²) in [5.41, 5.74) is -0.808. The van der Waals surface area contributed by atoms with Crippen molar-refractivity contribution in [2.45, 2.75) is 31.2 Å². The highest BCUT2D eigenvalue weighted by Gasteiger charge is 2.34. The van der Waals surface area contributed by atoms with Crippen LogP contribution in [0.25, 0.3) is 0 Å². The monoisotopic (exact) mass is 285 g/mol. The third-order valence-corrected chi connectivity index (χ3v) is 4.01. The zero-order valence-electron chi connectivity index (χ0n) is 11.5. The summed E-state index contributed by atoms with van der Waals surface area (Å²) in [6.45, 7) is 6.46. The van der Waals surface area contributed by atoms with E-state index < -0.39 is 5.54 Å². The van der Waals surface area contributed by atoms with E-state index in [0.717, 1.165) is 0 Å². The van der Waals surface area contributed by atoms with Gasteiger partial charge < -0.3 is 10.1 Å². The molecule has 0 aliphatic rings. The molecule has 1 rings (SSSR count). The zero-order valence-corrected chi connectivity index (χ0v) is 12.3. The van der Waals surface area contributed by atoms with Crippen LogP contribution in [0.1, 0.15) is 20.8 Å². The number of halogens is 1. The number of likely N-dealkylation sites (N-methyl/N-ethyl adjacent to an activating group) is 1. The van der Waals surface area contributed by atoms with Crippen LogP contribution in [-0.4, -0.2) is 30.4 Å². The molecule has 1 unspecified atom stereocenters. The van der Waals surface area contributed by atoms with Crippen molar-refractivity contribution in [3.63, 3.8) is 0 Å². The summed E-state index contributed by atoms with van der Waals surface area (Å²) in [4.78, 5) is 12.5. The van der Waals surface area contributed by atoms with Crippen molar-refractivity contribution >= 4 is 17.7 Å². The maximum absolute atomic E-state index is 13.5. The standard InChI is InChI=1S/C14H20FNO2S/c1-4-16-14(3,13(17)18-5-2)10-19-12-9-7-6-8-11(12)15/h6-9,16H,4-5,10H2,1-3H3. The van der Waals surface area contributed by atoms with E-state index >= 15 is 0 Å². The Morgan fingerprint density at radius 3 is 2.68 bits per heavy atom. The third-order valence-electron chi connectivity index (χ3n) is 2.65. The quantitative estimate of drug-likeness (QED) is 0.617. The van der Waals surface area contributed by atoms with Gasteiger partial charge >= 0.3 is 5.97 Å². The second-order valence-corrected chi connectivity index (χ2v) is 5.32. The van der Waals surface area contributed by atoms with Crippen LogP contribution < -0.4 is 5.32 Å². The summed E-state index contributed by atoms with van der Waals surface area (Å²) in [6.07, 6.45) is 0. The molecule has 1 atom stereocenters. The van der Waals surface area contributed by atoms with E-state index in [4.69, 9.17) is 4.74 Å². The maximum atomic E-state index is 13.5. The Kier molecular flexibility index (Phi) is 6.31. The van der Waals surface area contributed by atoms with Crippen molar-refractivity contribution in [1.82, 2.24) is 5.32 Å². The summed E-state index contributed by atoms with van der Waals surface area (Å²) >= 11 is 1.31. The number of thioether (sulfide) groups is 1. The lowest BCUT2D eigenvalue weighted by atomic mass is 10.1. The van der Waals surface area contributed by atoms with Gasteiger partial charge in [0.25, 0.3) is 0 Å². The molecule has 0 aliphatic heterocycles. The predicted molar refractivity (Wildman–Crippen MR) is 75.8 cm³/mol. The van der Waals surface area contributed by atoms with Gasteiger partial charge in [-0.1, -0.05) is 19.1 Å². The number of esters is 1. The molecular weight excluding hydrogens is 265 g/mol. The molecule has 0 bridgehead atoms. The van der Waals surface area contributed by atoms with Gasteiger partial charge in [-0.05, 0) is 32.5 Å². The summed E-state index contributed by atoms with van der Waals surface area (Å²) in [5, 5.41) is 3.12. The van der Waals surface area contributed by atoms with E-state index in [1.165, 1.54) is 17.8 Å². The topological polar surface area (TPSA) is 38.3 Å². The van der Waals surface area contributed by atoms with Crippen LogP contribution in [0.5, 0.6) is 0 Å². The first-order chi connectivity index (χ1) is 9.03. The Bertz CT molecular complexity index is 428. The molecule has 0 saturated carbocycles. The second-order valence-electron chi connectivity index (χ2n) is 4.30.